The molecule has 0 aliphatic rings. The van der Waals surface area contributed by atoms with Gasteiger partial charge in [0, 0.05) is 43.9 Å². The standard InChI is InChI=1S/C30H40O9Si/c1-6-37-40(38-7-2,39-8-3)23-26(21-35-29(31)19-13-24-9-15-27(33-4)16-10-24)22-36-30(32)20-14-25-11-17-28(34-5)18-12-25/h9-20,26H,6-8,21-23H2,1-5H3. The lowest BCUT2D eigenvalue weighted by atomic mass is 10.2. The Balaban J connectivity index is 2.07. The van der Waals surface area contributed by atoms with Gasteiger partial charge in [0.05, 0.1) is 27.4 Å². The lowest BCUT2D eigenvalue weighted by Crippen LogP contribution is -2.48. The van der Waals surface area contributed by atoms with E-state index >= 15 is 0 Å². The van der Waals surface area contributed by atoms with Crippen molar-refractivity contribution in [2.45, 2.75) is 26.8 Å². The minimum atomic E-state index is -3.11. The van der Waals surface area contributed by atoms with Crippen LogP contribution in [0.1, 0.15) is 31.9 Å². The Morgan fingerprint density at radius 2 is 1.05 bits per heavy atom. The van der Waals surface area contributed by atoms with Gasteiger partial charge in [0.15, 0.2) is 0 Å². The van der Waals surface area contributed by atoms with Crippen molar-refractivity contribution < 1.29 is 41.8 Å². The third kappa shape index (κ3) is 11.7. The minimum absolute atomic E-state index is 0.0107. The second kappa shape index (κ2) is 18.0. The van der Waals surface area contributed by atoms with Crippen LogP contribution >= 0.6 is 0 Å². The molecule has 2 rings (SSSR count). The van der Waals surface area contributed by atoms with Crippen LogP contribution in [0.25, 0.3) is 12.2 Å². The van der Waals surface area contributed by atoms with Crippen LogP contribution in [0.15, 0.2) is 60.7 Å². The van der Waals surface area contributed by atoms with Crippen molar-refractivity contribution >= 4 is 32.9 Å². The van der Waals surface area contributed by atoms with E-state index in [9.17, 15) is 9.59 Å². The van der Waals surface area contributed by atoms with E-state index in [0.717, 1.165) is 22.6 Å². The van der Waals surface area contributed by atoms with Crippen molar-refractivity contribution in [1.82, 2.24) is 0 Å². The molecule has 9 nitrogen and oxygen atoms in total. The molecule has 0 N–H and O–H groups in total. The number of carbonyl (C=O) groups is 2. The summed E-state index contributed by atoms with van der Waals surface area (Å²) >= 11 is 0. The van der Waals surface area contributed by atoms with Crippen LogP contribution in [-0.4, -0.2) is 68.0 Å². The number of ether oxygens (including phenoxy) is 4. The Bertz CT molecular complexity index is 991. The number of hydrogen-bond donors (Lipinski definition) is 0. The van der Waals surface area contributed by atoms with Crippen LogP contribution in [-0.2, 0) is 32.3 Å². The van der Waals surface area contributed by atoms with E-state index < -0.39 is 26.7 Å². The predicted octanol–water partition coefficient (Wildman–Crippen LogP) is 5.18. The summed E-state index contributed by atoms with van der Waals surface area (Å²) in [5.74, 6) is -0.0120. The predicted molar refractivity (Wildman–Crippen MR) is 155 cm³/mol. The Kier molecular flexibility index (Phi) is 14.8. The Morgan fingerprint density at radius 3 is 1.38 bits per heavy atom. The van der Waals surface area contributed by atoms with Gasteiger partial charge in [0.1, 0.15) is 11.5 Å². The summed E-state index contributed by atoms with van der Waals surface area (Å²) in [7, 11) is 0.0758. The van der Waals surface area contributed by atoms with Crippen molar-refractivity contribution in [2.75, 3.05) is 47.3 Å². The van der Waals surface area contributed by atoms with E-state index in [4.69, 9.17) is 32.2 Å². The SMILES string of the molecule is CCO[Si](CC(COC(=O)C=Cc1ccc(OC)cc1)COC(=O)C=Cc1ccc(OC)cc1)(OCC)OCC. The van der Waals surface area contributed by atoms with Gasteiger partial charge in [-0.25, -0.2) is 9.59 Å². The van der Waals surface area contributed by atoms with Gasteiger partial charge < -0.3 is 32.2 Å². The van der Waals surface area contributed by atoms with Gasteiger partial charge in [-0.15, -0.1) is 0 Å². The molecule has 0 fully saturated rings. The molecular weight excluding hydrogens is 532 g/mol. The maximum atomic E-state index is 12.5. The molecule has 0 aliphatic carbocycles. The van der Waals surface area contributed by atoms with Gasteiger partial charge >= 0.3 is 20.7 Å². The number of hydrogen-bond acceptors (Lipinski definition) is 9. The first-order chi connectivity index (χ1) is 19.4. The van der Waals surface area contributed by atoms with Gasteiger partial charge in [0.2, 0.25) is 0 Å². The quantitative estimate of drug-likeness (QED) is 0.136. The van der Waals surface area contributed by atoms with Gasteiger partial charge in [0.25, 0.3) is 0 Å². The first-order valence-corrected chi connectivity index (χ1v) is 15.2. The lowest BCUT2D eigenvalue weighted by Gasteiger charge is -2.31. The largest absolute Gasteiger partial charge is 0.501 e. The zero-order valence-corrected chi connectivity index (χ0v) is 24.9. The molecule has 2 aromatic carbocycles. The highest BCUT2D eigenvalue weighted by atomic mass is 28.4. The number of esters is 2. The summed E-state index contributed by atoms with van der Waals surface area (Å²) in [6.45, 7) is 6.76. The number of methoxy groups -OCH3 is 2. The lowest BCUT2D eigenvalue weighted by molar-refractivity contribution is -0.142. The molecule has 40 heavy (non-hydrogen) atoms. The van der Waals surface area contributed by atoms with Crippen molar-refractivity contribution in [3.8, 4) is 11.5 Å². The molecule has 0 radical (unpaired) electrons. The molecule has 0 saturated carbocycles. The highest BCUT2D eigenvalue weighted by Crippen LogP contribution is 2.23. The summed E-state index contributed by atoms with van der Waals surface area (Å²) < 4.78 is 39.2. The highest BCUT2D eigenvalue weighted by molar-refractivity contribution is 6.60. The maximum Gasteiger partial charge on any atom is 0.501 e. The van der Waals surface area contributed by atoms with Crippen molar-refractivity contribution in [1.29, 1.82) is 0 Å². The maximum absolute atomic E-state index is 12.5. The molecule has 0 spiro atoms. The topological polar surface area (TPSA) is 98.8 Å². The molecule has 0 bridgehead atoms. The smallest absolute Gasteiger partial charge is 0.497 e. The fourth-order valence-corrected chi connectivity index (χ4v) is 6.60. The van der Waals surface area contributed by atoms with Crippen molar-refractivity contribution in [2.24, 2.45) is 5.92 Å². The Labute approximate surface area is 238 Å². The normalized spacial score (nSPS) is 12.4. The molecule has 0 unspecified atom stereocenters. The average Bonchev–Trinajstić information content (AvgIpc) is 2.97. The van der Waals surface area contributed by atoms with E-state index in [1.165, 1.54) is 12.2 Å². The molecule has 10 heteroatoms. The molecule has 0 amide bonds. The monoisotopic (exact) mass is 572 g/mol. The summed E-state index contributed by atoms with van der Waals surface area (Å²) in [5.41, 5.74) is 1.64. The number of rotatable bonds is 18. The summed E-state index contributed by atoms with van der Waals surface area (Å²) in [6, 6.07) is 14.8. The van der Waals surface area contributed by atoms with Crippen molar-refractivity contribution in [3.05, 3.63) is 71.8 Å². The second-order valence-corrected chi connectivity index (χ2v) is 11.2. The summed E-state index contributed by atoms with van der Waals surface area (Å²) in [5, 5.41) is 0. The Hall–Kier alpha value is -3.44. The fraction of sp³-hybridized carbons (Fsp3) is 0.400. The number of carbonyl (C=O) groups excluding carboxylic acids is 2. The van der Waals surface area contributed by atoms with Gasteiger partial charge in [-0.3, -0.25) is 0 Å². The van der Waals surface area contributed by atoms with Crippen LogP contribution in [0.2, 0.25) is 6.04 Å². The van der Waals surface area contributed by atoms with E-state index in [2.05, 4.69) is 0 Å². The van der Waals surface area contributed by atoms with Crippen molar-refractivity contribution in [3.63, 3.8) is 0 Å². The molecule has 0 aliphatic heterocycles. The second-order valence-electron chi connectivity index (χ2n) is 8.53. The molecule has 218 valence electrons. The third-order valence-corrected chi connectivity index (χ3v) is 8.87. The fourth-order valence-electron chi connectivity index (χ4n) is 3.74. The van der Waals surface area contributed by atoms with E-state index in [1.807, 2.05) is 45.0 Å². The van der Waals surface area contributed by atoms with Crippen LogP contribution < -0.4 is 9.47 Å². The Morgan fingerprint density at radius 1 is 0.675 bits per heavy atom. The first-order valence-electron chi connectivity index (χ1n) is 13.3. The van der Waals surface area contributed by atoms with Gasteiger partial charge in [-0.05, 0) is 68.3 Å². The van der Waals surface area contributed by atoms with Crippen LogP contribution in [0.4, 0.5) is 0 Å². The molecule has 0 atom stereocenters. The zero-order chi connectivity index (χ0) is 29.2. The molecule has 0 saturated heterocycles. The highest BCUT2D eigenvalue weighted by Gasteiger charge is 2.43. The van der Waals surface area contributed by atoms with Gasteiger partial charge in [-0.1, -0.05) is 24.3 Å². The molecule has 2 aromatic rings. The third-order valence-electron chi connectivity index (χ3n) is 5.61. The molecule has 0 aromatic heterocycles. The zero-order valence-electron chi connectivity index (χ0n) is 23.9. The summed E-state index contributed by atoms with van der Waals surface area (Å²) in [6.07, 6.45) is 6.00. The average molecular weight is 573 g/mol. The van der Waals surface area contributed by atoms with E-state index in [0.29, 0.717) is 25.9 Å². The van der Waals surface area contributed by atoms with Crippen LogP contribution in [0, 0.1) is 5.92 Å². The molecule has 0 heterocycles. The van der Waals surface area contributed by atoms with E-state index in [1.54, 1.807) is 50.6 Å². The van der Waals surface area contributed by atoms with Crippen LogP contribution in [0.3, 0.4) is 0 Å². The van der Waals surface area contributed by atoms with E-state index in [-0.39, 0.29) is 13.2 Å². The minimum Gasteiger partial charge on any atom is -0.497 e. The van der Waals surface area contributed by atoms with Crippen LogP contribution in [0.5, 0.6) is 11.5 Å². The summed E-state index contributed by atoms with van der Waals surface area (Å²) in [4.78, 5) is 25.0. The van der Waals surface area contributed by atoms with Gasteiger partial charge in [-0.2, -0.15) is 0 Å². The number of benzene rings is 2. The first kappa shape index (κ1) is 32.8. The molecular formula is C30H40O9Si.